The SMILES string of the molecule is COCCNC(=NCc1nnc(C)n1C)N1CCN(c2ccccc2F)CC1.I. The molecule has 1 aromatic carbocycles. The number of guanidine groups is 1. The van der Waals surface area contributed by atoms with Crippen LogP contribution in [0.5, 0.6) is 0 Å². The molecule has 8 nitrogen and oxygen atoms in total. The summed E-state index contributed by atoms with van der Waals surface area (Å²) in [7, 11) is 3.61. The van der Waals surface area contributed by atoms with E-state index in [1.54, 1.807) is 13.2 Å². The highest BCUT2D eigenvalue weighted by molar-refractivity contribution is 14.0. The predicted molar refractivity (Wildman–Crippen MR) is 122 cm³/mol. The molecule has 0 bridgehead atoms. The summed E-state index contributed by atoms with van der Waals surface area (Å²) in [6, 6.07) is 6.91. The molecule has 29 heavy (non-hydrogen) atoms. The van der Waals surface area contributed by atoms with Gasteiger partial charge in [-0.25, -0.2) is 9.38 Å². The van der Waals surface area contributed by atoms with E-state index in [0.29, 0.717) is 25.4 Å². The molecule has 2 heterocycles. The van der Waals surface area contributed by atoms with Crippen molar-refractivity contribution >= 4 is 35.6 Å². The van der Waals surface area contributed by atoms with Crippen LogP contribution in [0, 0.1) is 12.7 Å². The Morgan fingerprint density at radius 2 is 1.93 bits per heavy atom. The van der Waals surface area contributed by atoms with Crippen molar-refractivity contribution in [1.82, 2.24) is 25.0 Å². The van der Waals surface area contributed by atoms with Crippen LogP contribution in [0.2, 0.25) is 0 Å². The van der Waals surface area contributed by atoms with Crippen molar-refractivity contribution < 1.29 is 9.13 Å². The molecular weight excluding hydrogens is 488 g/mol. The van der Waals surface area contributed by atoms with E-state index >= 15 is 0 Å². The summed E-state index contributed by atoms with van der Waals surface area (Å²) in [5.74, 6) is 2.30. The van der Waals surface area contributed by atoms with Gasteiger partial charge in [0.15, 0.2) is 11.8 Å². The molecule has 0 radical (unpaired) electrons. The first-order valence-corrected chi connectivity index (χ1v) is 9.46. The van der Waals surface area contributed by atoms with Crippen LogP contribution in [0.4, 0.5) is 10.1 Å². The lowest BCUT2D eigenvalue weighted by atomic mass is 10.2. The van der Waals surface area contributed by atoms with E-state index in [1.807, 2.05) is 30.7 Å². The zero-order chi connectivity index (χ0) is 19.9. The highest BCUT2D eigenvalue weighted by Gasteiger charge is 2.21. The van der Waals surface area contributed by atoms with Crippen LogP contribution in [-0.2, 0) is 18.3 Å². The van der Waals surface area contributed by atoms with Gasteiger partial charge in [0.05, 0.1) is 12.3 Å². The van der Waals surface area contributed by atoms with Crippen LogP contribution in [0.3, 0.4) is 0 Å². The molecule has 1 aliphatic heterocycles. The van der Waals surface area contributed by atoms with E-state index in [1.165, 1.54) is 6.07 Å². The molecule has 0 amide bonds. The number of para-hydroxylation sites is 1. The van der Waals surface area contributed by atoms with Crippen LogP contribution >= 0.6 is 24.0 Å². The van der Waals surface area contributed by atoms with Gasteiger partial charge in [0.1, 0.15) is 18.2 Å². The Kier molecular flexibility index (Phi) is 9.08. The molecule has 160 valence electrons. The fraction of sp³-hybridized carbons (Fsp3) is 0.526. The van der Waals surface area contributed by atoms with E-state index in [9.17, 15) is 4.39 Å². The molecular formula is C19H29FIN7O. The molecule has 1 aliphatic rings. The van der Waals surface area contributed by atoms with Crippen LogP contribution < -0.4 is 10.2 Å². The minimum atomic E-state index is -0.180. The van der Waals surface area contributed by atoms with Gasteiger partial charge in [-0.05, 0) is 19.1 Å². The summed E-state index contributed by atoms with van der Waals surface area (Å²) in [6.45, 7) is 6.60. The first kappa shape index (κ1) is 23.3. The minimum Gasteiger partial charge on any atom is -0.383 e. The second-order valence-corrected chi connectivity index (χ2v) is 6.71. The Morgan fingerprint density at radius 1 is 1.21 bits per heavy atom. The van der Waals surface area contributed by atoms with Crippen molar-refractivity contribution in [2.45, 2.75) is 13.5 Å². The maximum Gasteiger partial charge on any atom is 0.194 e. The lowest BCUT2D eigenvalue weighted by Gasteiger charge is -2.37. The van der Waals surface area contributed by atoms with Crippen molar-refractivity contribution in [2.75, 3.05) is 51.3 Å². The number of nitrogens with one attached hydrogen (secondary N) is 1. The van der Waals surface area contributed by atoms with E-state index in [4.69, 9.17) is 9.73 Å². The van der Waals surface area contributed by atoms with Gasteiger partial charge in [0.2, 0.25) is 0 Å². The smallest absolute Gasteiger partial charge is 0.194 e. The van der Waals surface area contributed by atoms with Gasteiger partial charge in [-0.1, -0.05) is 12.1 Å². The molecule has 2 aromatic rings. The van der Waals surface area contributed by atoms with Gasteiger partial charge in [0, 0.05) is 46.9 Å². The van der Waals surface area contributed by atoms with E-state index < -0.39 is 0 Å². The first-order valence-electron chi connectivity index (χ1n) is 9.46. The zero-order valence-corrected chi connectivity index (χ0v) is 19.5. The highest BCUT2D eigenvalue weighted by atomic mass is 127. The van der Waals surface area contributed by atoms with Crippen molar-refractivity contribution in [3.05, 3.63) is 41.7 Å². The minimum absolute atomic E-state index is 0. The number of benzene rings is 1. The Labute approximate surface area is 188 Å². The number of hydrogen-bond donors (Lipinski definition) is 1. The van der Waals surface area contributed by atoms with Crippen molar-refractivity contribution in [1.29, 1.82) is 0 Å². The lowest BCUT2D eigenvalue weighted by molar-refractivity contribution is 0.202. The molecule has 0 aliphatic carbocycles. The Bertz CT molecular complexity index is 806. The molecule has 0 unspecified atom stereocenters. The second-order valence-electron chi connectivity index (χ2n) is 6.71. The Morgan fingerprint density at radius 3 is 2.55 bits per heavy atom. The summed E-state index contributed by atoms with van der Waals surface area (Å²) in [5, 5.41) is 11.6. The zero-order valence-electron chi connectivity index (χ0n) is 17.1. The van der Waals surface area contributed by atoms with Gasteiger partial charge in [0.25, 0.3) is 0 Å². The van der Waals surface area contributed by atoms with Gasteiger partial charge in [-0.15, -0.1) is 34.2 Å². The van der Waals surface area contributed by atoms with Gasteiger partial charge >= 0.3 is 0 Å². The number of aryl methyl sites for hydroxylation is 1. The third-order valence-electron chi connectivity index (χ3n) is 4.91. The van der Waals surface area contributed by atoms with E-state index in [2.05, 4.69) is 25.3 Å². The monoisotopic (exact) mass is 517 g/mol. The number of aliphatic imine (C=N–C) groups is 1. The average Bonchev–Trinajstić information content (AvgIpc) is 3.03. The quantitative estimate of drug-likeness (QED) is 0.273. The van der Waals surface area contributed by atoms with E-state index in [0.717, 1.165) is 43.8 Å². The number of methoxy groups -OCH3 is 1. The number of piperazine rings is 1. The number of rotatable bonds is 6. The fourth-order valence-electron chi connectivity index (χ4n) is 3.13. The fourth-order valence-corrected chi connectivity index (χ4v) is 3.13. The van der Waals surface area contributed by atoms with Crippen LogP contribution in [0.1, 0.15) is 11.6 Å². The summed E-state index contributed by atoms with van der Waals surface area (Å²) in [4.78, 5) is 9.00. The molecule has 1 N–H and O–H groups in total. The number of aromatic nitrogens is 3. The Balaban J connectivity index is 0.00000300. The number of ether oxygens (including phenoxy) is 1. The molecule has 10 heteroatoms. The van der Waals surface area contributed by atoms with Crippen LogP contribution in [0.15, 0.2) is 29.3 Å². The average molecular weight is 517 g/mol. The second kappa shape index (κ2) is 11.3. The van der Waals surface area contributed by atoms with Crippen molar-refractivity contribution in [3.8, 4) is 0 Å². The summed E-state index contributed by atoms with van der Waals surface area (Å²) in [5.41, 5.74) is 0.655. The molecule has 0 spiro atoms. The molecule has 3 rings (SSSR count). The highest BCUT2D eigenvalue weighted by Crippen LogP contribution is 2.20. The summed E-state index contributed by atoms with van der Waals surface area (Å²) < 4.78 is 21.1. The standard InChI is InChI=1S/C19H28FN7O.HI/c1-15-23-24-18(25(15)2)14-22-19(21-8-13-28-3)27-11-9-26(10-12-27)17-7-5-4-6-16(17)20;/h4-7H,8-14H2,1-3H3,(H,21,22);1H. The molecule has 0 atom stereocenters. The normalized spacial score (nSPS) is 14.7. The number of nitrogens with zero attached hydrogens (tertiary/aromatic N) is 6. The third-order valence-corrected chi connectivity index (χ3v) is 4.91. The van der Waals surface area contributed by atoms with Crippen molar-refractivity contribution in [2.24, 2.45) is 12.0 Å². The van der Waals surface area contributed by atoms with Crippen LogP contribution in [0.25, 0.3) is 0 Å². The molecule has 1 saturated heterocycles. The van der Waals surface area contributed by atoms with Gasteiger partial charge < -0.3 is 24.4 Å². The van der Waals surface area contributed by atoms with Crippen molar-refractivity contribution in [3.63, 3.8) is 0 Å². The molecule has 1 aromatic heterocycles. The van der Waals surface area contributed by atoms with Gasteiger partial charge in [-0.2, -0.15) is 0 Å². The maximum absolute atomic E-state index is 14.1. The summed E-state index contributed by atoms with van der Waals surface area (Å²) >= 11 is 0. The summed E-state index contributed by atoms with van der Waals surface area (Å²) in [6.07, 6.45) is 0. The van der Waals surface area contributed by atoms with Gasteiger partial charge in [-0.3, -0.25) is 0 Å². The number of hydrogen-bond acceptors (Lipinski definition) is 5. The molecule has 1 fully saturated rings. The maximum atomic E-state index is 14.1. The van der Waals surface area contributed by atoms with Crippen LogP contribution in [-0.4, -0.2) is 72.1 Å². The number of anilines is 1. The predicted octanol–water partition coefficient (Wildman–Crippen LogP) is 1.79. The molecule has 0 saturated carbocycles. The Hall–Kier alpha value is -1.95. The topological polar surface area (TPSA) is 70.8 Å². The first-order chi connectivity index (χ1) is 13.6. The third kappa shape index (κ3) is 6.01. The van der Waals surface area contributed by atoms with E-state index in [-0.39, 0.29) is 29.8 Å². The number of halogens is 2. The lowest BCUT2D eigenvalue weighted by Crippen LogP contribution is -2.53. The largest absolute Gasteiger partial charge is 0.383 e.